The quantitative estimate of drug-likeness (QED) is 0.772. The summed E-state index contributed by atoms with van der Waals surface area (Å²) in [5.74, 6) is -1.17. The standard InChI is InChI=1S/C11H16N2O4S/c1-2-3-6-10(11(14)15)13-18(16,17)9-5-4-7-12-8-9/h4-5,7-8,10,13H,2-3,6H2,1H3,(H,14,15). The van der Waals surface area contributed by atoms with Gasteiger partial charge in [0.15, 0.2) is 0 Å². The number of hydrogen-bond acceptors (Lipinski definition) is 4. The van der Waals surface area contributed by atoms with E-state index in [4.69, 9.17) is 5.11 Å². The van der Waals surface area contributed by atoms with Gasteiger partial charge in [-0.2, -0.15) is 4.72 Å². The van der Waals surface area contributed by atoms with Gasteiger partial charge in [0, 0.05) is 12.4 Å². The summed E-state index contributed by atoms with van der Waals surface area (Å²) in [7, 11) is -3.83. The Morgan fingerprint density at radius 2 is 2.28 bits per heavy atom. The number of carbonyl (C=O) groups is 1. The normalized spacial score (nSPS) is 13.2. The first-order chi connectivity index (χ1) is 8.47. The van der Waals surface area contributed by atoms with Gasteiger partial charge in [0.05, 0.1) is 0 Å². The topological polar surface area (TPSA) is 96.4 Å². The van der Waals surface area contributed by atoms with Crippen LogP contribution in [-0.2, 0) is 14.8 Å². The highest BCUT2D eigenvalue weighted by molar-refractivity contribution is 7.89. The van der Waals surface area contributed by atoms with Gasteiger partial charge in [0.2, 0.25) is 10.0 Å². The van der Waals surface area contributed by atoms with E-state index in [1.54, 1.807) is 0 Å². The van der Waals surface area contributed by atoms with Crippen LogP contribution in [0.4, 0.5) is 0 Å². The van der Waals surface area contributed by atoms with Crippen LogP contribution in [0.25, 0.3) is 0 Å². The molecule has 0 bridgehead atoms. The number of aliphatic carboxylic acids is 1. The average Bonchev–Trinajstić information content (AvgIpc) is 2.35. The maximum atomic E-state index is 11.9. The number of unbranched alkanes of at least 4 members (excludes halogenated alkanes) is 1. The maximum absolute atomic E-state index is 11.9. The van der Waals surface area contributed by atoms with Crippen molar-refractivity contribution in [3.63, 3.8) is 0 Å². The minimum atomic E-state index is -3.83. The fourth-order valence-electron chi connectivity index (χ4n) is 1.40. The Morgan fingerprint density at radius 1 is 1.56 bits per heavy atom. The van der Waals surface area contributed by atoms with Crippen molar-refractivity contribution in [2.75, 3.05) is 0 Å². The summed E-state index contributed by atoms with van der Waals surface area (Å²) >= 11 is 0. The van der Waals surface area contributed by atoms with Crippen LogP contribution in [0.3, 0.4) is 0 Å². The molecular formula is C11H16N2O4S. The summed E-state index contributed by atoms with van der Waals surface area (Å²) in [4.78, 5) is 14.6. The molecule has 0 saturated carbocycles. The van der Waals surface area contributed by atoms with Gasteiger partial charge in [0.25, 0.3) is 0 Å². The van der Waals surface area contributed by atoms with E-state index < -0.39 is 22.0 Å². The van der Waals surface area contributed by atoms with Gasteiger partial charge in [-0.15, -0.1) is 0 Å². The molecule has 6 nitrogen and oxygen atoms in total. The molecule has 100 valence electrons. The fraction of sp³-hybridized carbons (Fsp3) is 0.455. The summed E-state index contributed by atoms with van der Waals surface area (Å²) < 4.78 is 26.0. The zero-order valence-corrected chi connectivity index (χ0v) is 10.9. The fourth-order valence-corrected chi connectivity index (χ4v) is 2.59. The van der Waals surface area contributed by atoms with E-state index in [1.807, 2.05) is 6.92 Å². The molecule has 1 heterocycles. The molecule has 1 aromatic heterocycles. The summed E-state index contributed by atoms with van der Waals surface area (Å²) in [5.41, 5.74) is 0. The molecule has 0 aliphatic rings. The molecule has 18 heavy (non-hydrogen) atoms. The summed E-state index contributed by atoms with van der Waals surface area (Å²) in [6.07, 6.45) is 4.35. The second-order valence-electron chi connectivity index (χ2n) is 3.84. The maximum Gasteiger partial charge on any atom is 0.321 e. The van der Waals surface area contributed by atoms with Crippen molar-refractivity contribution in [3.05, 3.63) is 24.5 Å². The number of nitrogens with zero attached hydrogens (tertiary/aromatic N) is 1. The molecule has 0 fully saturated rings. The average molecular weight is 272 g/mol. The van der Waals surface area contributed by atoms with Crippen LogP contribution in [0, 0.1) is 0 Å². The largest absolute Gasteiger partial charge is 0.480 e. The number of rotatable bonds is 7. The van der Waals surface area contributed by atoms with Gasteiger partial charge in [-0.3, -0.25) is 9.78 Å². The van der Waals surface area contributed by atoms with Crippen LogP contribution < -0.4 is 4.72 Å². The Morgan fingerprint density at radius 3 is 2.78 bits per heavy atom. The third kappa shape index (κ3) is 4.08. The molecule has 1 unspecified atom stereocenters. The molecule has 0 aromatic carbocycles. The highest BCUT2D eigenvalue weighted by Gasteiger charge is 2.24. The van der Waals surface area contributed by atoms with Crippen LogP contribution in [0.5, 0.6) is 0 Å². The van der Waals surface area contributed by atoms with Gasteiger partial charge in [-0.25, -0.2) is 8.42 Å². The van der Waals surface area contributed by atoms with Crippen molar-refractivity contribution < 1.29 is 18.3 Å². The van der Waals surface area contributed by atoms with Crippen LogP contribution in [0.1, 0.15) is 26.2 Å². The Hall–Kier alpha value is -1.47. The lowest BCUT2D eigenvalue weighted by Crippen LogP contribution is -2.40. The molecule has 0 aliphatic carbocycles. The molecule has 0 amide bonds. The number of nitrogens with one attached hydrogen (secondary N) is 1. The number of sulfonamides is 1. The van der Waals surface area contributed by atoms with Gasteiger partial charge in [-0.1, -0.05) is 19.8 Å². The van der Waals surface area contributed by atoms with Crippen molar-refractivity contribution in [2.45, 2.75) is 37.1 Å². The molecular weight excluding hydrogens is 256 g/mol. The second kappa shape index (κ2) is 6.46. The van der Waals surface area contributed by atoms with Gasteiger partial charge in [-0.05, 0) is 18.6 Å². The lowest BCUT2D eigenvalue weighted by atomic mass is 10.1. The Kier molecular flexibility index (Phi) is 5.24. The van der Waals surface area contributed by atoms with E-state index in [2.05, 4.69) is 9.71 Å². The predicted octanol–water partition coefficient (Wildman–Crippen LogP) is 1.00. The molecule has 1 rings (SSSR count). The summed E-state index contributed by atoms with van der Waals surface area (Å²) in [5, 5.41) is 8.97. The Bertz CT molecular complexity index is 487. The Labute approximate surface area is 106 Å². The van der Waals surface area contributed by atoms with E-state index in [0.29, 0.717) is 6.42 Å². The molecule has 0 aliphatic heterocycles. The smallest absolute Gasteiger partial charge is 0.321 e. The molecule has 2 N–H and O–H groups in total. The van der Waals surface area contributed by atoms with Crippen molar-refractivity contribution in [2.24, 2.45) is 0 Å². The monoisotopic (exact) mass is 272 g/mol. The lowest BCUT2D eigenvalue weighted by molar-refractivity contribution is -0.139. The van der Waals surface area contributed by atoms with Crippen LogP contribution >= 0.6 is 0 Å². The first kappa shape index (κ1) is 14.6. The molecule has 0 saturated heterocycles. The van der Waals surface area contributed by atoms with E-state index >= 15 is 0 Å². The molecule has 0 radical (unpaired) electrons. The minimum Gasteiger partial charge on any atom is -0.480 e. The van der Waals surface area contributed by atoms with Crippen LogP contribution in [0.2, 0.25) is 0 Å². The number of carboxylic acid groups (broad SMARTS) is 1. The van der Waals surface area contributed by atoms with E-state index in [-0.39, 0.29) is 11.3 Å². The highest BCUT2D eigenvalue weighted by Crippen LogP contribution is 2.09. The van der Waals surface area contributed by atoms with Crippen molar-refractivity contribution >= 4 is 16.0 Å². The minimum absolute atomic E-state index is 0.0345. The summed E-state index contributed by atoms with van der Waals surface area (Å²) in [6, 6.07) is 1.75. The molecule has 1 aromatic rings. The number of pyridine rings is 1. The van der Waals surface area contributed by atoms with Gasteiger partial charge in [0.1, 0.15) is 10.9 Å². The zero-order chi connectivity index (χ0) is 13.6. The van der Waals surface area contributed by atoms with Crippen LogP contribution in [-0.4, -0.2) is 30.5 Å². The number of carboxylic acids is 1. The van der Waals surface area contributed by atoms with Gasteiger partial charge >= 0.3 is 5.97 Å². The molecule has 7 heteroatoms. The van der Waals surface area contributed by atoms with E-state index in [0.717, 1.165) is 6.42 Å². The van der Waals surface area contributed by atoms with Crippen LogP contribution in [0.15, 0.2) is 29.4 Å². The van der Waals surface area contributed by atoms with Crippen molar-refractivity contribution in [1.29, 1.82) is 0 Å². The molecule has 1 atom stereocenters. The second-order valence-corrected chi connectivity index (χ2v) is 5.56. The van der Waals surface area contributed by atoms with E-state index in [9.17, 15) is 13.2 Å². The van der Waals surface area contributed by atoms with Crippen molar-refractivity contribution in [1.82, 2.24) is 9.71 Å². The third-order valence-electron chi connectivity index (χ3n) is 2.39. The zero-order valence-electron chi connectivity index (χ0n) is 10.0. The van der Waals surface area contributed by atoms with Crippen molar-refractivity contribution in [3.8, 4) is 0 Å². The summed E-state index contributed by atoms with van der Waals surface area (Å²) in [6.45, 7) is 1.91. The number of aromatic nitrogens is 1. The van der Waals surface area contributed by atoms with Gasteiger partial charge < -0.3 is 5.11 Å². The van der Waals surface area contributed by atoms with E-state index in [1.165, 1.54) is 24.5 Å². The molecule has 0 spiro atoms. The first-order valence-electron chi connectivity index (χ1n) is 5.62. The number of hydrogen-bond donors (Lipinski definition) is 2. The first-order valence-corrected chi connectivity index (χ1v) is 7.11. The predicted molar refractivity (Wildman–Crippen MR) is 65.5 cm³/mol. The lowest BCUT2D eigenvalue weighted by Gasteiger charge is -2.14. The SMILES string of the molecule is CCCCC(NS(=O)(=O)c1cccnc1)C(=O)O. The highest BCUT2D eigenvalue weighted by atomic mass is 32.2. The third-order valence-corrected chi connectivity index (χ3v) is 3.84. The Balaban J connectivity index is 2.83.